The standard InChI is InChI=1S/C15H14N2.C8H9N3O/c1-10-7-13(8-11(2)12(10)3)15-6-4-5-14(9-16)17-15;1-5-9-6-3-4-11(2)7(6)8(12)10-5/h4-8H,1-3H3;3-4H,1-2H3,(H,9,10,12). The summed E-state index contributed by atoms with van der Waals surface area (Å²) in [4.78, 5) is 22.5. The summed E-state index contributed by atoms with van der Waals surface area (Å²) in [6, 6.07) is 13.7. The first-order chi connectivity index (χ1) is 13.8. The van der Waals surface area contributed by atoms with E-state index < -0.39 is 0 Å². The number of pyridine rings is 1. The van der Waals surface area contributed by atoms with Crippen molar-refractivity contribution < 1.29 is 0 Å². The van der Waals surface area contributed by atoms with Gasteiger partial charge in [0, 0.05) is 18.8 Å². The molecular weight excluding hydrogens is 362 g/mol. The Morgan fingerprint density at radius 1 is 1.03 bits per heavy atom. The molecule has 0 atom stereocenters. The number of nitriles is 1. The van der Waals surface area contributed by atoms with Crippen molar-refractivity contribution in [2.45, 2.75) is 27.7 Å². The number of fused-ring (bicyclic) bond motifs is 1. The molecule has 3 aromatic heterocycles. The molecule has 0 saturated heterocycles. The molecule has 0 fully saturated rings. The van der Waals surface area contributed by atoms with Gasteiger partial charge in [-0.15, -0.1) is 0 Å². The van der Waals surface area contributed by atoms with E-state index in [-0.39, 0.29) is 5.56 Å². The van der Waals surface area contributed by atoms with Crippen LogP contribution in [0.3, 0.4) is 0 Å². The lowest BCUT2D eigenvalue weighted by Crippen LogP contribution is -2.11. The van der Waals surface area contributed by atoms with Crippen LogP contribution >= 0.6 is 0 Å². The van der Waals surface area contributed by atoms with Crippen LogP contribution in [0.15, 0.2) is 47.4 Å². The van der Waals surface area contributed by atoms with Crippen molar-refractivity contribution in [2.24, 2.45) is 7.05 Å². The third-order valence-electron chi connectivity index (χ3n) is 4.94. The normalized spacial score (nSPS) is 10.3. The zero-order chi connectivity index (χ0) is 21.1. The lowest BCUT2D eigenvalue weighted by atomic mass is 9.99. The number of H-pyrrole nitrogens is 1. The van der Waals surface area contributed by atoms with Gasteiger partial charge in [0.15, 0.2) is 0 Å². The molecule has 1 aromatic carbocycles. The number of nitrogens with zero attached hydrogens (tertiary/aromatic N) is 4. The van der Waals surface area contributed by atoms with E-state index in [9.17, 15) is 4.79 Å². The number of aromatic nitrogens is 4. The predicted molar refractivity (Wildman–Crippen MR) is 115 cm³/mol. The van der Waals surface area contributed by atoms with Gasteiger partial charge in [0.1, 0.15) is 23.1 Å². The summed E-state index contributed by atoms with van der Waals surface area (Å²) in [5.74, 6) is 0.652. The van der Waals surface area contributed by atoms with Crippen molar-refractivity contribution >= 4 is 11.0 Å². The molecule has 0 amide bonds. The molecule has 6 heteroatoms. The van der Waals surface area contributed by atoms with Crippen molar-refractivity contribution in [2.75, 3.05) is 0 Å². The second-order valence-electron chi connectivity index (χ2n) is 7.07. The highest BCUT2D eigenvalue weighted by Gasteiger charge is 2.05. The summed E-state index contributed by atoms with van der Waals surface area (Å²) in [6.45, 7) is 8.08. The molecule has 146 valence electrons. The van der Waals surface area contributed by atoms with Gasteiger partial charge in [0.25, 0.3) is 5.56 Å². The van der Waals surface area contributed by atoms with E-state index in [1.54, 1.807) is 17.6 Å². The van der Waals surface area contributed by atoms with Gasteiger partial charge < -0.3 is 9.55 Å². The van der Waals surface area contributed by atoms with Gasteiger partial charge in [-0.2, -0.15) is 5.26 Å². The van der Waals surface area contributed by atoms with E-state index in [1.165, 1.54) is 16.7 Å². The smallest absolute Gasteiger partial charge is 0.275 e. The zero-order valence-electron chi connectivity index (χ0n) is 17.2. The number of hydrogen-bond donors (Lipinski definition) is 1. The molecule has 0 saturated carbocycles. The highest BCUT2D eigenvalue weighted by Crippen LogP contribution is 2.23. The lowest BCUT2D eigenvalue weighted by Gasteiger charge is -2.08. The maximum absolute atomic E-state index is 11.4. The molecule has 3 heterocycles. The maximum Gasteiger partial charge on any atom is 0.275 e. The Kier molecular flexibility index (Phi) is 5.60. The summed E-state index contributed by atoms with van der Waals surface area (Å²) in [7, 11) is 1.83. The molecule has 0 aliphatic heterocycles. The van der Waals surface area contributed by atoms with Crippen LogP contribution in [-0.2, 0) is 7.05 Å². The van der Waals surface area contributed by atoms with E-state index in [0.29, 0.717) is 17.0 Å². The summed E-state index contributed by atoms with van der Waals surface area (Å²) >= 11 is 0. The Balaban J connectivity index is 0.000000176. The maximum atomic E-state index is 11.4. The molecule has 0 aliphatic rings. The van der Waals surface area contributed by atoms with Gasteiger partial charge >= 0.3 is 0 Å². The molecule has 0 spiro atoms. The van der Waals surface area contributed by atoms with Crippen LogP contribution in [0.5, 0.6) is 0 Å². The Bertz CT molecular complexity index is 1270. The fourth-order valence-electron chi connectivity index (χ4n) is 3.16. The molecule has 4 rings (SSSR count). The van der Waals surface area contributed by atoms with Crippen LogP contribution in [0.4, 0.5) is 0 Å². The van der Waals surface area contributed by atoms with Crippen molar-refractivity contribution in [3.63, 3.8) is 0 Å². The monoisotopic (exact) mass is 385 g/mol. The summed E-state index contributed by atoms with van der Waals surface area (Å²) in [5, 5.41) is 8.85. The molecule has 1 N–H and O–H groups in total. The van der Waals surface area contributed by atoms with E-state index in [4.69, 9.17) is 5.26 Å². The minimum atomic E-state index is -0.0787. The molecule has 4 aromatic rings. The van der Waals surface area contributed by atoms with Crippen molar-refractivity contribution in [3.05, 3.63) is 81.2 Å². The van der Waals surface area contributed by atoms with Gasteiger partial charge in [0.05, 0.1) is 11.2 Å². The second-order valence-corrected chi connectivity index (χ2v) is 7.07. The molecule has 0 aliphatic carbocycles. The number of aromatic amines is 1. The Hall–Kier alpha value is -3.72. The largest absolute Gasteiger partial charge is 0.345 e. The topological polar surface area (TPSA) is 87.4 Å². The van der Waals surface area contributed by atoms with E-state index in [0.717, 1.165) is 16.8 Å². The first-order valence-corrected chi connectivity index (χ1v) is 9.27. The van der Waals surface area contributed by atoms with Gasteiger partial charge in [-0.05, 0) is 74.7 Å². The van der Waals surface area contributed by atoms with Crippen LogP contribution in [-0.4, -0.2) is 19.5 Å². The van der Waals surface area contributed by atoms with Gasteiger partial charge in [-0.1, -0.05) is 6.07 Å². The highest BCUT2D eigenvalue weighted by molar-refractivity contribution is 5.74. The third-order valence-corrected chi connectivity index (χ3v) is 4.94. The average Bonchev–Trinajstić information content (AvgIpc) is 3.07. The van der Waals surface area contributed by atoms with Crippen molar-refractivity contribution in [1.82, 2.24) is 19.5 Å². The van der Waals surface area contributed by atoms with E-state index >= 15 is 0 Å². The number of nitrogens with one attached hydrogen (secondary N) is 1. The zero-order valence-corrected chi connectivity index (χ0v) is 17.2. The molecule has 0 bridgehead atoms. The van der Waals surface area contributed by atoms with Gasteiger partial charge in [0.2, 0.25) is 0 Å². The van der Waals surface area contributed by atoms with E-state index in [1.807, 2.05) is 31.4 Å². The quantitative estimate of drug-likeness (QED) is 0.534. The number of hydrogen-bond acceptors (Lipinski definition) is 4. The Morgan fingerprint density at radius 3 is 2.38 bits per heavy atom. The van der Waals surface area contributed by atoms with E-state index in [2.05, 4.69) is 53.9 Å². The fourth-order valence-corrected chi connectivity index (χ4v) is 3.16. The van der Waals surface area contributed by atoms with Crippen LogP contribution < -0.4 is 5.56 Å². The number of aryl methyl sites for hydroxylation is 4. The van der Waals surface area contributed by atoms with Gasteiger partial charge in [-0.3, -0.25) is 4.79 Å². The summed E-state index contributed by atoms with van der Waals surface area (Å²) < 4.78 is 1.76. The van der Waals surface area contributed by atoms with Crippen LogP contribution in [0.25, 0.3) is 22.3 Å². The third kappa shape index (κ3) is 4.25. The van der Waals surface area contributed by atoms with Crippen molar-refractivity contribution in [3.8, 4) is 17.3 Å². The first kappa shape index (κ1) is 20.0. The minimum absolute atomic E-state index is 0.0787. The SMILES string of the molecule is Cc1cc(-c2cccc(C#N)n2)cc(C)c1C.Cc1nc2ccn(C)c2c(=O)[nH]1. The number of benzene rings is 1. The Labute approximate surface area is 169 Å². The summed E-state index contributed by atoms with van der Waals surface area (Å²) in [6.07, 6.45) is 1.83. The first-order valence-electron chi connectivity index (χ1n) is 9.27. The molecular formula is C23H23N5O. The fraction of sp³-hybridized carbons (Fsp3) is 0.217. The molecule has 0 radical (unpaired) electrons. The molecule has 0 unspecified atom stereocenters. The minimum Gasteiger partial charge on any atom is -0.345 e. The molecule has 29 heavy (non-hydrogen) atoms. The van der Waals surface area contributed by atoms with Crippen molar-refractivity contribution in [1.29, 1.82) is 5.26 Å². The summed E-state index contributed by atoms with van der Waals surface area (Å²) in [5.41, 5.74) is 7.50. The highest BCUT2D eigenvalue weighted by atomic mass is 16.1. The van der Waals surface area contributed by atoms with Crippen LogP contribution in [0, 0.1) is 39.0 Å². The lowest BCUT2D eigenvalue weighted by molar-refractivity contribution is 0.945. The Morgan fingerprint density at radius 2 is 1.72 bits per heavy atom. The predicted octanol–water partition coefficient (Wildman–Crippen LogP) is 4.12. The van der Waals surface area contributed by atoms with Crippen LogP contribution in [0.2, 0.25) is 0 Å². The average molecular weight is 385 g/mol. The van der Waals surface area contributed by atoms with Gasteiger partial charge in [-0.25, -0.2) is 9.97 Å². The second kappa shape index (κ2) is 8.11. The van der Waals surface area contributed by atoms with Crippen LogP contribution in [0.1, 0.15) is 28.2 Å². The molecule has 6 nitrogen and oxygen atoms in total. The number of rotatable bonds is 1.